The van der Waals surface area contributed by atoms with Crippen LogP contribution in [-0.2, 0) is 11.2 Å². The molecule has 118 valence electrons. The number of nitrogens with one attached hydrogen (secondary N) is 1. The highest BCUT2D eigenvalue weighted by Crippen LogP contribution is 2.24. The van der Waals surface area contributed by atoms with Crippen molar-refractivity contribution in [3.63, 3.8) is 0 Å². The Morgan fingerprint density at radius 3 is 2.18 bits per heavy atom. The van der Waals surface area contributed by atoms with Crippen molar-refractivity contribution >= 4 is 18.3 Å². The molecule has 0 spiro atoms. The second-order valence-corrected chi connectivity index (χ2v) is 5.14. The third-order valence-electron chi connectivity index (χ3n) is 3.49. The van der Waals surface area contributed by atoms with E-state index in [-0.39, 0.29) is 24.2 Å². The summed E-state index contributed by atoms with van der Waals surface area (Å²) in [5.74, 6) is 0.247. The molecule has 0 heterocycles. The summed E-state index contributed by atoms with van der Waals surface area (Å²) in [6.45, 7) is 1.01. The molecular formula is C18H23ClN2O. The molecule has 1 atom stereocenters. The predicted octanol–water partition coefficient (Wildman–Crippen LogP) is 2.90. The quantitative estimate of drug-likeness (QED) is 0.824. The van der Waals surface area contributed by atoms with Gasteiger partial charge in [-0.15, -0.1) is 12.4 Å². The summed E-state index contributed by atoms with van der Waals surface area (Å²) in [5, 5.41) is 2.85. The van der Waals surface area contributed by atoms with Crippen molar-refractivity contribution in [3.05, 3.63) is 71.8 Å². The molecule has 0 bridgehead atoms. The van der Waals surface area contributed by atoms with Crippen molar-refractivity contribution in [2.45, 2.75) is 18.8 Å². The lowest BCUT2D eigenvalue weighted by Gasteiger charge is -2.17. The van der Waals surface area contributed by atoms with Crippen LogP contribution in [0.1, 0.15) is 23.5 Å². The van der Waals surface area contributed by atoms with Gasteiger partial charge >= 0.3 is 0 Å². The smallest absolute Gasteiger partial charge is 0.220 e. The molecule has 1 unspecified atom stereocenters. The third kappa shape index (κ3) is 5.88. The lowest BCUT2D eigenvalue weighted by atomic mass is 9.89. The molecule has 0 radical (unpaired) electrons. The molecule has 0 aliphatic carbocycles. The van der Waals surface area contributed by atoms with Crippen LogP contribution in [0.4, 0.5) is 0 Å². The number of hydrogen-bond donors (Lipinski definition) is 2. The van der Waals surface area contributed by atoms with Crippen LogP contribution >= 0.6 is 12.4 Å². The van der Waals surface area contributed by atoms with Crippen LogP contribution in [0, 0.1) is 0 Å². The second kappa shape index (κ2) is 9.98. The van der Waals surface area contributed by atoms with Crippen LogP contribution in [-0.4, -0.2) is 19.0 Å². The summed E-state index contributed by atoms with van der Waals surface area (Å²) in [4.78, 5) is 12.0. The molecule has 1 amide bonds. The van der Waals surface area contributed by atoms with Crippen molar-refractivity contribution in [1.82, 2.24) is 5.32 Å². The lowest BCUT2D eigenvalue weighted by molar-refractivity contribution is -0.121. The standard InChI is InChI=1S/C18H22N2O.ClH/c19-11-12-20-18(21)14-17(16-9-5-2-6-10-16)13-15-7-3-1-4-8-15;/h1-10,17H,11-14,19H2,(H,20,21);1H. The average molecular weight is 319 g/mol. The molecule has 0 fully saturated rings. The molecule has 3 nitrogen and oxygen atoms in total. The highest BCUT2D eigenvalue weighted by Gasteiger charge is 2.16. The summed E-state index contributed by atoms with van der Waals surface area (Å²) in [5.41, 5.74) is 7.87. The van der Waals surface area contributed by atoms with Gasteiger partial charge in [-0.3, -0.25) is 4.79 Å². The zero-order chi connectivity index (χ0) is 14.9. The first-order chi connectivity index (χ1) is 10.3. The van der Waals surface area contributed by atoms with Crippen molar-refractivity contribution in [1.29, 1.82) is 0 Å². The van der Waals surface area contributed by atoms with E-state index in [0.29, 0.717) is 19.5 Å². The summed E-state index contributed by atoms with van der Waals surface area (Å²) < 4.78 is 0. The molecule has 2 aromatic carbocycles. The lowest BCUT2D eigenvalue weighted by Crippen LogP contribution is -2.30. The Balaban J connectivity index is 0.00000242. The molecule has 0 aliphatic heterocycles. The van der Waals surface area contributed by atoms with Gasteiger partial charge in [0.15, 0.2) is 0 Å². The van der Waals surface area contributed by atoms with E-state index in [9.17, 15) is 4.79 Å². The van der Waals surface area contributed by atoms with Gasteiger partial charge in [-0.2, -0.15) is 0 Å². The minimum absolute atomic E-state index is 0. The Kier molecular flexibility index (Phi) is 8.26. The minimum Gasteiger partial charge on any atom is -0.355 e. The zero-order valence-corrected chi connectivity index (χ0v) is 13.4. The van der Waals surface area contributed by atoms with Gasteiger partial charge in [0, 0.05) is 19.5 Å². The van der Waals surface area contributed by atoms with Crippen LogP contribution in [0.3, 0.4) is 0 Å². The Bertz CT molecular complexity index is 546. The number of amides is 1. The summed E-state index contributed by atoms with van der Waals surface area (Å²) in [6.07, 6.45) is 1.35. The van der Waals surface area contributed by atoms with Crippen molar-refractivity contribution < 1.29 is 4.79 Å². The van der Waals surface area contributed by atoms with Crippen molar-refractivity contribution in [3.8, 4) is 0 Å². The van der Waals surface area contributed by atoms with Gasteiger partial charge in [-0.1, -0.05) is 60.7 Å². The average Bonchev–Trinajstić information content (AvgIpc) is 2.54. The number of nitrogens with two attached hydrogens (primary N) is 1. The maximum atomic E-state index is 12.0. The summed E-state index contributed by atoms with van der Waals surface area (Å²) >= 11 is 0. The van der Waals surface area contributed by atoms with E-state index in [1.54, 1.807) is 0 Å². The number of halogens is 1. The Morgan fingerprint density at radius 1 is 1.00 bits per heavy atom. The fraction of sp³-hybridized carbons (Fsp3) is 0.278. The van der Waals surface area contributed by atoms with Crippen LogP contribution in [0.5, 0.6) is 0 Å². The fourth-order valence-electron chi connectivity index (χ4n) is 2.44. The van der Waals surface area contributed by atoms with Crippen molar-refractivity contribution in [2.24, 2.45) is 5.73 Å². The van der Waals surface area contributed by atoms with E-state index in [1.807, 2.05) is 36.4 Å². The SMILES string of the molecule is Cl.NCCNC(=O)CC(Cc1ccccc1)c1ccccc1. The van der Waals surface area contributed by atoms with E-state index in [4.69, 9.17) is 5.73 Å². The maximum absolute atomic E-state index is 12.0. The van der Waals surface area contributed by atoms with Gasteiger partial charge in [-0.25, -0.2) is 0 Å². The fourth-order valence-corrected chi connectivity index (χ4v) is 2.44. The predicted molar refractivity (Wildman–Crippen MR) is 93.3 cm³/mol. The third-order valence-corrected chi connectivity index (χ3v) is 3.49. The second-order valence-electron chi connectivity index (χ2n) is 5.14. The molecular weight excluding hydrogens is 296 g/mol. The Morgan fingerprint density at radius 2 is 1.59 bits per heavy atom. The Labute approximate surface area is 138 Å². The molecule has 0 aromatic heterocycles. The van der Waals surface area contributed by atoms with E-state index < -0.39 is 0 Å². The first-order valence-electron chi connectivity index (χ1n) is 7.35. The van der Waals surface area contributed by atoms with E-state index >= 15 is 0 Å². The largest absolute Gasteiger partial charge is 0.355 e. The first kappa shape index (κ1) is 18.2. The van der Waals surface area contributed by atoms with Gasteiger partial charge in [0.2, 0.25) is 5.91 Å². The molecule has 3 N–H and O–H groups in total. The number of rotatable bonds is 7. The van der Waals surface area contributed by atoms with Gasteiger partial charge < -0.3 is 11.1 Å². The highest BCUT2D eigenvalue weighted by atomic mass is 35.5. The van der Waals surface area contributed by atoms with E-state index in [1.165, 1.54) is 11.1 Å². The first-order valence-corrected chi connectivity index (χ1v) is 7.35. The van der Waals surface area contributed by atoms with Crippen LogP contribution in [0.25, 0.3) is 0 Å². The zero-order valence-electron chi connectivity index (χ0n) is 12.6. The van der Waals surface area contributed by atoms with E-state index in [0.717, 1.165) is 6.42 Å². The van der Waals surface area contributed by atoms with Crippen LogP contribution in [0.15, 0.2) is 60.7 Å². The normalized spacial score (nSPS) is 11.3. The topological polar surface area (TPSA) is 55.1 Å². The van der Waals surface area contributed by atoms with Crippen LogP contribution in [0.2, 0.25) is 0 Å². The maximum Gasteiger partial charge on any atom is 0.220 e. The molecule has 2 aromatic rings. The number of hydrogen-bond acceptors (Lipinski definition) is 2. The van der Waals surface area contributed by atoms with Crippen LogP contribution < -0.4 is 11.1 Å². The molecule has 0 aliphatic rings. The molecule has 22 heavy (non-hydrogen) atoms. The molecule has 2 rings (SSSR count). The number of benzene rings is 2. The molecule has 4 heteroatoms. The highest BCUT2D eigenvalue weighted by molar-refractivity contribution is 5.85. The van der Waals surface area contributed by atoms with E-state index in [2.05, 4.69) is 29.6 Å². The molecule has 0 saturated heterocycles. The Hall–Kier alpha value is -1.84. The van der Waals surface area contributed by atoms with Crippen molar-refractivity contribution in [2.75, 3.05) is 13.1 Å². The number of carbonyl (C=O) groups excluding carboxylic acids is 1. The van der Waals surface area contributed by atoms with Gasteiger partial charge in [-0.05, 0) is 23.5 Å². The summed E-state index contributed by atoms with van der Waals surface area (Å²) in [6, 6.07) is 20.5. The monoisotopic (exact) mass is 318 g/mol. The summed E-state index contributed by atoms with van der Waals surface area (Å²) in [7, 11) is 0. The van der Waals surface area contributed by atoms with Gasteiger partial charge in [0.25, 0.3) is 0 Å². The number of carbonyl (C=O) groups is 1. The molecule has 0 saturated carbocycles. The van der Waals surface area contributed by atoms with Gasteiger partial charge in [0.1, 0.15) is 0 Å². The van der Waals surface area contributed by atoms with Gasteiger partial charge in [0.05, 0.1) is 0 Å². The minimum atomic E-state index is 0.